The van der Waals surface area contributed by atoms with Gasteiger partial charge in [-0.1, -0.05) is 18.2 Å². The zero-order chi connectivity index (χ0) is 13.3. The topological polar surface area (TPSA) is 68.5 Å². The van der Waals surface area contributed by atoms with Gasteiger partial charge < -0.3 is 9.84 Å². The molecule has 0 aliphatic rings. The van der Waals surface area contributed by atoms with Gasteiger partial charge in [-0.25, -0.2) is 13.7 Å². The number of hydrogen-bond acceptors (Lipinski definition) is 3. The molecular formula is C12H10ClNO4. The molecule has 0 fully saturated rings. The van der Waals surface area contributed by atoms with Gasteiger partial charge in [-0.2, -0.15) is 0 Å². The molecule has 1 aromatic carbocycles. The van der Waals surface area contributed by atoms with Gasteiger partial charge in [0.1, 0.15) is 5.56 Å². The largest absolute Gasteiger partial charge is 0.478 e. The summed E-state index contributed by atoms with van der Waals surface area (Å²) in [5, 5.41) is 9.62. The lowest BCUT2D eigenvalue weighted by Crippen LogP contribution is -2.12. The Morgan fingerprint density at radius 2 is 2.06 bits per heavy atom. The van der Waals surface area contributed by atoms with Crippen LogP contribution in [0.1, 0.15) is 27.8 Å². The van der Waals surface area contributed by atoms with Crippen LogP contribution in [0, 0.1) is 0 Å². The number of fused-ring (bicyclic) bond motifs is 1. The average molecular weight is 268 g/mol. The average Bonchev–Trinajstić information content (AvgIpc) is 2.64. The normalized spacial score (nSPS) is 10.6. The second-order valence-electron chi connectivity index (χ2n) is 3.55. The number of para-hydroxylation sites is 1. The van der Waals surface area contributed by atoms with Crippen LogP contribution in [0.25, 0.3) is 10.9 Å². The lowest BCUT2D eigenvalue weighted by molar-refractivity contribution is 0.0507. The predicted octanol–water partition coefficient (Wildman–Crippen LogP) is 2.52. The van der Waals surface area contributed by atoms with Crippen molar-refractivity contribution >= 4 is 34.6 Å². The van der Waals surface area contributed by atoms with Crippen molar-refractivity contribution < 1.29 is 19.4 Å². The molecular weight excluding hydrogens is 258 g/mol. The van der Waals surface area contributed by atoms with E-state index >= 15 is 0 Å². The number of aromatic nitrogens is 1. The second-order valence-corrected chi connectivity index (χ2v) is 3.89. The SMILES string of the molecule is CCOC(=O)c1c(C(=O)O)c2ccccc2n1Cl. The molecule has 5 nitrogen and oxygen atoms in total. The van der Waals surface area contributed by atoms with E-state index in [1.165, 1.54) is 0 Å². The van der Waals surface area contributed by atoms with E-state index in [-0.39, 0.29) is 17.9 Å². The molecule has 1 heterocycles. The maximum absolute atomic E-state index is 11.8. The van der Waals surface area contributed by atoms with Crippen molar-refractivity contribution in [3.05, 3.63) is 35.5 Å². The Labute approximate surface area is 108 Å². The van der Waals surface area contributed by atoms with E-state index in [1.807, 2.05) is 0 Å². The minimum absolute atomic E-state index is 0.140. The molecule has 0 radical (unpaired) electrons. The summed E-state index contributed by atoms with van der Waals surface area (Å²) >= 11 is 5.99. The Kier molecular flexibility index (Phi) is 3.25. The van der Waals surface area contributed by atoms with Gasteiger partial charge in [0.05, 0.1) is 12.1 Å². The van der Waals surface area contributed by atoms with Crippen LogP contribution >= 0.6 is 11.8 Å². The van der Waals surface area contributed by atoms with Crippen LogP contribution in [-0.2, 0) is 4.74 Å². The van der Waals surface area contributed by atoms with Gasteiger partial charge in [0.25, 0.3) is 0 Å². The van der Waals surface area contributed by atoms with Crippen LogP contribution in [0.4, 0.5) is 0 Å². The van der Waals surface area contributed by atoms with Gasteiger partial charge in [0, 0.05) is 17.2 Å². The number of esters is 1. The van der Waals surface area contributed by atoms with E-state index in [4.69, 9.17) is 16.5 Å². The molecule has 0 aliphatic carbocycles. The Balaban J connectivity index is 2.78. The summed E-state index contributed by atoms with van der Waals surface area (Å²) in [6.45, 7) is 1.79. The van der Waals surface area contributed by atoms with E-state index in [1.54, 1.807) is 31.2 Å². The number of nitrogens with zero attached hydrogens (tertiary/aromatic N) is 1. The molecule has 2 aromatic rings. The highest BCUT2D eigenvalue weighted by Crippen LogP contribution is 2.27. The van der Waals surface area contributed by atoms with E-state index < -0.39 is 11.9 Å². The standard InChI is InChI=1S/C12H10ClNO4/c1-2-18-12(17)10-9(11(15)16)7-5-3-4-6-8(7)14(10)13/h3-6H,2H2,1H3,(H,15,16). The van der Waals surface area contributed by atoms with Crippen molar-refractivity contribution in [3.8, 4) is 0 Å². The fraction of sp³-hybridized carbons (Fsp3) is 0.167. The first kappa shape index (κ1) is 12.4. The van der Waals surface area contributed by atoms with Crippen LogP contribution in [0.5, 0.6) is 0 Å². The number of carboxylic acids is 1. The van der Waals surface area contributed by atoms with Crippen molar-refractivity contribution in [1.29, 1.82) is 0 Å². The molecule has 1 N–H and O–H groups in total. The second kappa shape index (κ2) is 4.70. The molecule has 1 aromatic heterocycles. The summed E-state index contributed by atoms with van der Waals surface area (Å²) in [5.74, 6) is -1.96. The van der Waals surface area contributed by atoms with Crippen molar-refractivity contribution in [2.75, 3.05) is 6.61 Å². The van der Waals surface area contributed by atoms with Gasteiger partial charge in [0.2, 0.25) is 0 Å². The number of hydrogen-bond donors (Lipinski definition) is 1. The van der Waals surface area contributed by atoms with Crippen LogP contribution in [0.15, 0.2) is 24.3 Å². The summed E-state index contributed by atoms with van der Waals surface area (Å²) in [5.41, 5.74) is 0.158. The molecule has 0 aliphatic heterocycles. The number of benzene rings is 1. The molecule has 0 atom stereocenters. The van der Waals surface area contributed by atoms with E-state index in [0.29, 0.717) is 10.9 Å². The molecule has 0 unspecified atom stereocenters. The summed E-state index contributed by atoms with van der Waals surface area (Å²) < 4.78 is 5.85. The highest BCUT2D eigenvalue weighted by molar-refractivity contribution is 6.25. The van der Waals surface area contributed by atoms with Gasteiger partial charge in [-0.3, -0.25) is 0 Å². The highest BCUT2D eigenvalue weighted by Gasteiger charge is 2.27. The molecule has 6 heteroatoms. The first-order chi connectivity index (χ1) is 8.57. The van der Waals surface area contributed by atoms with Gasteiger partial charge in [0.15, 0.2) is 5.69 Å². The number of rotatable bonds is 3. The zero-order valence-corrected chi connectivity index (χ0v) is 10.3. The fourth-order valence-corrected chi connectivity index (χ4v) is 2.10. The summed E-state index contributed by atoms with van der Waals surface area (Å²) in [6, 6.07) is 6.63. The van der Waals surface area contributed by atoms with Crippen molar-refractivity contribution in [3.63, 3.8) is 0 Å². The van der Waals surface area contributed by atoms with Crippen molar-refractivity contribution in [2.45, 2.75) is 6.92 Å². The Bertz CT molecular complexity index is 632. The smallest absolute Gasteiger partial charge is 0.357 e. The van der Waals surface area contributed by atoms with Crippen LogP contribution in [0.3, 0.4) is 0 Å². The number of aromatic carboxylic acids is 1. The number of ether oxygens (including phenoxy) is 1. The summed E-state index contributed by atoms with van der Waals surface area (Å²) in [6.07, 6.45) is 0. The quantitative estimate of drug-likeness (QED) is 0.868. The first-order valence-electron chi connectivity index (χ1n) is 5.28. The molecule has 18 heavy (non-hydrogen) atoms. The van der Waals surface area contributed by atoms with Crippen LogP contribution in [-0.4, -0.2) is 27.7 Å². The third-order valence-corrected chi connectivity index (χ3v) is 2.85. The monoisotopic (exact) mass is 267 g/mol. The van der Waals surface area contributed by atoms with E-state index in [0.717, 1.165) is 4.09 Å². The van der Waals surface area contributed by atoms with Gasteiger partial charge in [-0.05, 0) is 13.0 Å². The summed E-state index contributed by atoms with van der Waals surface area (Å²) in [4.78, 5) is 23.0. The van der Waals surface area contributed by atoms with Crippen molar-refractivity contribution in [2.24, 2.45) is 0 Å². The minimum Gasteiger partial charge on any atom is -0.478 e. The Morgan fingerprint density at radius 3 is 2.67 bits per heavy atom. The van der Waals surface area contributed by atoms with Crippen molar-refractivity contribution in [1.82, 2.24) is 4.09 Å². The van der Waals surface area contributed by atoms with Gasteiger partial charge >= 0.3 is 11.9 Å². The number of carbonyl (C=O) groups is 2. The fourth-order valence-electron chi connectivity index (χ4n) is 1.80. The minimum atomic E-state index is -1.21. The number of carboxylic acid groups (broad SMARTS) is 1. The molecule has 0 saturated heterocycles. The van der Waals surface area contributed by atoms with Crippen LogP contribution < -0.4 is 0 Å². The maximum atomic E-state index is 11.8. The van der Waals surface area contributed by atoms with Crippen LogP contribution in [0.2, 0.25) is 0 Å². The maximum Gasteiger partial charge on any atom is 0.357 e. The highest BCUT2D eigenvalue weighted by atomic mass is 35.5. The Hall–Kier alpha value is -2.01. The lowest BCUT2D eigenvalue weighted by atomic mass is 10.1. The molecule has 2 rings (SSSR count). The van der Waals surface area contributed by atoms with E-state index in [9.17, 15) is 14.7 Å². The number of halogens is 1. The third kappa shape index (κ3) is 1.82. The predicted molar refractivity (Wildman–Crippen MR) is 66.1 cm³/mol. The molecule has 0 saturated carbocycles. The molecule has 0 bridgehead atoms. The lowest BCUT2D eigenvalue weighted by Gasteiger charge is -2.02. The molecule has 0 amide bonds. The summed E-state index contributed by atoms with van der Waals surface area (Å²) in [7, 11) is 0. The number of carbonyl (C=O) groups excluding carboxylic acids is 1. The molecule has 94 valence electrons. The first-order valence-corrected chi connectivity index (χ1v) is 5.61. The van der Waals surface area contributed by atoms with E-state index in [2.05, 4.69) is 0 Å². The third-order valence-electron chi connectivity index (χ3n) is 2.50. The Morgan fingerprint density at radius 1 is 1.39 bits per heavy atom. The zero-order valence-electron chi connectivity index (χ0n) is 9.51. The molecule has 0 spiro atoms. The van der Waals surface area contributed by atoms with Gasteiger partial charge in [-0.15, -0.1) is 0 Å².